The summed E-state index contributed by atoms with van der Waals surface area (Å²) in [5, 5.41) is 18.2. The normalized spacial score (nSPS) is 9.44. The van der Waals surface area contributed by atoms with Crippen LogP contribution >= 0.6 is 0 Å². The summed E-state index contributed by atoms with van der Waals surface area (Å²) in [6.45, 7) is 3.62. The fourth-order valence-electron chi connectivity index (χ4n) is 1.36. The lowest BCUT2D eigenvalue weighted by Gasteiger charge is -1.99. The number of nitrogens with two attached hydrogens (primary N) is 2. The largest absolute Gasteiger partial charge is 0.506 e. The summed E-state index contributed by atoms with van der Waals surface area (Å²) >= 11 is 0. The number of para-hydroxylation sites is 2. The van der Waals surface area contributed by atoms with Crippen LogP contribution in [0.15, 0.2) is 36.4 Å². The average molecular weight is 246 g/mol. The van der Waals surface area contributed by atoms with Crippen molar-refractivity contribution < 1.29 is 10.2 Å². The molecule has 0 spiro atoms. The van der Waals surface area contributed by atoms with Crippen LogP contribution in [0.2, 0.25) is 0 Å². The molecule has 2 aromatic carbocycles. The Morgan fingerprint density at radius 2 is 1.06 bits per heavy atom. The Kier molecular flexibility index (Phi) is 4.43. The molecular weight excluding hydrogens is 228 g/mol. The number of aryl methyl sites for hydroxylation is 2. The smallest absolute Gasteiger partial charge is 0.141 e. The zero-order valence-electron chi connectivity index (χ0n) is 10.5. The van der Waals surface area contributed by atoms with E-state index in [4.69, 9.17) is 21.7 Å². The van der Waals surface area contributed by atoms with Crippen molar-refractivity contribution in [3.8, 4) is 11.5 Å². The van der Waals surface area contributed by atoms with Crippen molar-refractivity contribution in [1.82, 2.24) is 0 Å². The Morgan fingerprint density at radius 1 is 0.722 bits per heavy atom. The van der Waals surface area contributed by atoms with Crippen LogP contribution in [-0.2, 0) is 0 Å². The lowest BCUT2D eigenvalue weighted by molar-refractivity contribution is 0.473. The number of aromatic hydroxyl groups is 2. The Balaban J connectivity index is 0.000000180. The van der Waals surface area contributed by atoms with Crippen molar-refractivity contribution in [2.24, 2.45) is 0 Å². The minimum Gasteiger partial charge on any atom is -0.506 e. The van der Waals surface area contributed by atoms with Crippen LogP contribution in [0.3, 0.4) is 0 Å². The van der Waals surface area contributed by atoms with E-state index in [2.05, 4.69) is 0 Å². The van der Waals surface area contributed by atoms with Gasteiger partial charge in [-0.15, -0.1) is 0 Å². The SMILES string of the molecule is Cc1cccc(N)c1O.Cc1cccc(N)c1O. The van der Waals surface area contributed by atoms with E-state index in [0.29, 0.717) is 11.4 Å². The molecule has 2 rings (SSSR count). The van der Waals surface area contributed by atoms with Gasteiger partial charge in [0, 0.05) is 0 Å². The van der Waals surface area contributed by atoms with Crippen LogP contribution in [0.5, 0.6) is 11.5 Å². The molecule has 4 nitrogen and oxygen atoms in total. The summed E-state index contributed by atoms with van der Waals surface area (Å²) < 4.78 is 0. The maximum atomic E-state index is 9.08. The first kappa shape index (κ1) is 13.7. The van der Waals surface area contributed by atoms with E-state index in [1.165, 1.54) is 0 Å². The highest BCUT2D eigenvalue weighted by atomic mass is 16.3. The van der Waals surface area contributed by atoms with E-state index >= 15 is 0 Å². The number of nitrogen functional groups attached to an aromatic ring is 2. The molecule has 0 saturated heterocycles. The number of benzene rings is 2. The van der Waals surface area contributed by atoms with E-state index in [1.807, 2.05) is 38.1 Å². The highest BCUT2D eigenvalue weighted by molar-refractivity contribution is 5.55. The van der Waals surface area contributed by atoms with Gasteiger partial charge in [0.25, 0.3) is 0 Å². The van der Waals surface area contributed by atoms with E-state index in [0.717, 1.165) is 11.1 Å². The number of hydrogen-bond acceptors (Lipinski definition) is 4. The summed E-state index contributed by atoms with van der Waals surface area (Å²) in [6.07, 6.45) is 0. The van der Waals surface area contributed by atoms with Crippen LogP contribution in [-0.4, -0.2) is 10.2 Å². The standard InChI is InChI=1S/2C7H9NO/c2*1-5-3-2-4-6(8)7(5)9/h2*2-4,9H,8H2,1H3. The van der Waals surface area contributed by atoms with Crippen LogP contribution in [0, 0.1) is 13.8 Å². The molecule has 0 fully saturated rings. The van der Waals surface area contributed by atoms with Gasteiger partial charge in [-0.3, -0.25) is 0 Å². The molecule has 4 heteroatoms. The predicted molar refractivity (Wildman–Crippen MR) is 74.5 cm³/mol. The van der Waals surface area contributed by atoms with E-state index in [9.17, 15) is 0 Å². The molecule has 0 aliphatic rings. The third kappa shape index (κ3) is 3.31. The lowest BCUT2D eigenvalue weighted by Crippen LogP contribution is -1.85. The first-order valence-corrected chi connectivity index (χ1v) is 5.51. The summed E-state index contributed by atoms with van der Waals surface area (Å²) in [4.78, 5) is 0. The summed E-state index contributed by atoms with van der Waals surface area (Å²) in [5.74, 6) is 0.384. The molecule has 0 unspecified atom stereocenters. The van der Waals surface area contributed by atoms with Gasteiger partial charge in [0.1, 0.15) is 11.5 Å². The summed E-state index contributed by atoms with van der Waals surface area (Å²) in [6, 6.07) is 10.6. The molecule has 0 aliphatic carbocycles. The first-order valence-electron chi connectivity index (χ1n) is 5.51. The lowest BCUT2D eigenvalue weighted by atomic mass is 10.2. The molecule has 0 aromatic heterocycles. The maximum Gasteiger partial charge on any atom is 0.141 e. The minimum atomic E-state index is 0.192. The van der Waals surface area contributed by atoms with Gasteiger partial charge in [-0.1, -0.05) is 24.3 Å². The van der Waals surface area contributed by atoms with Crippen molar-refractivity contribution in [2.75, 3.05) is 11.5 Å². The number of phenols is 2. The molecule has 18 heavy (non-hydrogen) atoms. The van der Waals surface area contributed by atoms with Crippen LogP contribution < -0.4 is 11.5 Å². The first-order chi connectivity index (χ1) is 8.43. The van der Waals surface area contributed by atoms with Crippen molar-refractivity contribution in [3.63, 3.8) is 0 Å². The zero-order chi connectivity index (χ0) is 13.7. The molecular formula is C14H18N2O2. The van der Waals surface area contributed by atoms with Gasteiger partial charge in [0.15, 0.2) is 0 Å². The number of rotatable bonds is 0. The number of hydrogen-bond donors (Lipinski definition) is 4. The van der Waals surface area contributed by atoms with Gasteiger partial charge in [0.2, 0.25) is 0 Å². The number of phenolic OH excluding ortho intramolecular Hbond substituents is 2. The van der Waals surface area contributed by atoms with Gasteiger partial charge in [-0.05, 0) is 37.1 Å². The van der Waals surface area contributed by atoms with Gasteiger partial charge in [-0.2, -0.15) is 0 Å². The van der Waals surface area contributed by atoms with E-state index in [-0.39, 0.29) is 11.5 Å². The van der Waals surface area contributed by atoms with Crippen molar-refractivity contribution in [2.45, 2.75) is 13.8 Å². The molecule has 6 N–H and O–H groups in total. The van der Waals surface area contributed by atoms with Crippen molar-refractivity contribution in [1.29, 1.82) is 0 Å². The Morgan fingerprint density at radius 3 is 1.28 bits per heavy atom. The quantitative estimate of drug-likeness (QED) is 0.424. The van der Waals surface area contributed by atoms with Crippen molar-refractivity contribution >= 4 is 11.4 Å². The summed E-state index contributed by atoms with van der Waals surface area (Å²) in [7, 11) is 0. The van der Waals surface area contributed by atoms with Gasteiger partial charge in [-0.25, -0.2) is 0 Å². The number of anilines is 2. The average Bonchev–Trinajstić information content (AvgIpc) is 2.34. The van der Waals surface area contributed by atoms with Crippen LogP contribution in [0.4, 0.5) is 11.4 Å². The van der Waals surface area contributed by atoms with Crippen molar-refractivity contribution in [3.05, 3.63) is 47.5 Å². The van der Waals surface area contributed by atoms with Crippen LogP contribution in [0.25, 0.3) is 0 Å². The molecule has 0 saturated carbocycles. The Labute approximate surface area is 106 Å². The van der Waals surface area contributed by atoms with E-state index in [1.54, 1.807) is 12.1 Å². The molecule has 0 aliphatic heterocycles. The Hall–Kier alpha value is -2.36. The summed E-state index contributed by atoms with van der Waals surface area (Å²) in [5.41, 5.74) is 13.3. The molecule has 0 bridgehead atoms. The fraction of sp³-hybridized carbons (Fsp3) is 0.143. The molecule has 0 radical (unpaired) electrons. The predicted octanol–water partition coefficient (Wildman–Crippen LogP) is 2.57. The third-order valence-corrected chi connectivity index (χ3v) is 2.54. The minimum absolute atomic E-state index is 0.192. The maximum absolute atomic E-state index is 9.08. The Bertz CT molecular complexity index is 449. The topological polar surface area (TPSA) is 92.5 Å². The highest BCUT2D eigenvalue weighted by Gasteiger charge is 1.96. The second-order valence-electron chi connectivity index (χ2n) is 4.03. The molecule has 2 aromatic rings. The monoisotopic (exact) mass is 246 g/mol. The molecule has 0 heterocycles. The molecule has 0 amide bonds. The molecule has 96 valence electrons. The fourth-order valence-corrected chi connectivity index (χ4v) is 1.36. The van der Waals surface area contributed by atoms with Gasteiger partial charge < -0.3 is 21.7 Å². The molecule has 0 atom stereocenters. The van der Waals surface area contributed by atoms with Crippen LogP contribution in [0.1, 0.15) is 11.1 Å². The third-order valence-electron chi connectivity index (χ3n) is 2.54. The van der Waals surface area contributed by atoms with E-state index < -0.39 is 0 Å². The zero-order valence-corrected chi connectivity index (χ0v) is 10.5. The van der Waals surface area contributed by atoms with Gasteiger partial charge in [0.05, 0.1) is 11.4 Å². The highest BCUT2D eigenvalue weighted by Crippen LogP contribution is 2.23. The second-order valence-corrected chi connectivity index (χ2v) is 4.03. The second kappa shape index (κ2) is 5.82. The van der Waals surface area contributed by atoms with Gasteiger partial charge >= 0.3 is 0 Å².